The van der Waals surface area contributed by atoms with Crippen LogP contribution in [-0.2, 0) is 37.3 Å². The van der Waals surface area contributed by atoms with E-state index in [2.05, 4.69) is 15.1 Å². The van der Waals surface area contributed by atoms with E-state index in [9.17, 15) is 19.8 Å². The Kier molecular flexibility index (Phi) is 12.7. The number of methoxy groups -OCH3 is 1. The Hall–Kier alpha value is -6.72. The first-order valence-electron chi connectivity index (χ1n) is 20.5. The predicted molar refractivity (Wildman–Crippen MR) is 234 cm³/mol. The van der Waals surface area contributed by atoms with Crippen molar-refractivity contribution in [2.24, 2.45) is 11.5 Å². The van der Waals surface area contributed by atoms with Crippen LogP contribution in [-0.4, -0.2) is 106 Å². The molecular weight excluding hydrogens is 779 g/mol. The van der Waals surface area contributed by atoms with Gasteiger partial charge in [-0.05, 0) is 89.0 Å². The highest BCUT2D eigenvalue weighted by Gasteiger charge is 2.21. The second kappa shape index (κ2) is 18.3. The molecule has 4 aromatic heterocycles. The van der Waals surface area contributed by atoms with Crippen molar-refractivity contribution in [2.45, 2.75) is 66.7 Å². The molecule has 0 unspecified atom stereocenters. The molecule has 320 valence electrons. The van der Waals surface area contributed by atoms with Crippen molar-refractivity contribution in [3.63, 3.8) is 0 Å². The molecule has 0 aliphatic carbocycles. The lowest BCUT2D eigenvalue weighted by Crippen LogP contribution is -2.36. The topological polar surface area (TPSA) is 220 Å². The zero-order valence-corrected chi connectivity index (χ0v) is 35.3. The summed E-state index contributed by atoms with van der Waals surface area (Å²) in [7, 11) is 1.51. The Morgan fingerprint density at radius 2 is 1.28 bits per heavy atom. The van der Waals surface area contributed by atoms with Crippen LogP contribution in [0.5, 0.6) is 5.75 Å². The maximum Gasteiger partial charge on any atom is 0.248 e. The van der Waals surface area contributed by atoms with Gasteiger partial charge in [0.15, 0.2) is 0 Å². The molecule has 2 aromatic carbocycles. The van der Waals surface area contributed by atoms with Crippen molar-refractivity contribution in [3.05, 3.63) is 99.7 Å². The van der Waals surface area contributed by atoms with Crippen LogP contribution < -0.4 is 16.2 Å². The van der Waals surface area contributed by atoms with E-state index in [1.807, 2.05) is 61.1 Å². The number of aliphatic hydroxyl groups is 2. The zero-order chi connectivity index (χ0) is 43.4. The number of amides is 2. The van der Waals surface area contributed by atoms with Gasteiger partial charge in [0.2, 0.25) is 11.8 Å². The summed E-state index contributed by atoms with van der Waals surface area (Å²) < 4.78 is 18.6. The average Bonchev–Trinajstić information content (AvgIpc) is 4.01. The van der Waals surface area contributed by atoms with Crippen LogP contribution >= 0.6 is 0 Å². The second-order valence-electron chi connectivity index (χ2n) is 15.0. The number of nitrogens with two attached hydrogens (primary N) is 2. The molecule has 6 aromatic rings. The number of aliphatic hydroxyl groups excluding tert-OH is 2. The van der Waals surface area contributed by atoms with Gasteiger partial charge in [-0.2, -0.15) is 10.2 Å². The van der Waals surface area contributed by atoms with E-state index in [1.54, 1.807) is 45.8 Å². The number of hydrogen-bond acceptors (Lipinski definition) is 11. The summed E-state index contributed by atoms with van der Waals surface area (Å²) >= 11 is 0. The molecule has 1 aliphatic heterocycles. The van der Waals surface area contributed by atoms with Crippen LogP contribution in [0, 0.1) is 13.8 Å². The van der Waals surface area contributed by atoms with Gasteiger partial charge in [-0.1, -0.05) is 12.2 Å². The minimum atomic E-state index is -0.627. The highest BCUT2D eigenvalue weighted by Crippen LogP contribution is 2.31. The van der Waals surface area contributed by atoms with Gasteiger partial charge in [-0.3, -0.25) is 23.9 Å². The van der Waals surface area contributed by atoms with E-state index < -0.39 is 11.8 Å². The molecule has 5 heterocycles. The second-order valence-corrected chi connectivity index (χ2v) is 15.0. The molecule has 2 amide bonds. The number of benzene rings is 2. The fraction of sp³-hybridized carbons (Fsp3) is 0.364. The fourth-order valence-corrected chi connectivity index (χ4v) is 7.90. The van der Waals surface area contributed by atoms with Crippen LogP contribution in [0.1, 0.15) is 81.0 Å². The summed E-state index contributed by atoms with van der Waals surface area (Å²) in [5, 5.41) is 31.9. The normalized spacial score (nSPS) is 14.2. The van der Waals surface area contributed by atoms with Crippen molar-refractivity contribution in [2.75, 3.05) is 40.0 Å². The average molecular weight is 832 g/mol. The number of rotatable bonds is 17. The van der Waals surface area contributed by atoms with E-state index >= 15 is 0 Å². The lowest BCUT2D eigenvalue weighted by Gasteiger charge is -2.26. The van der Waals surface area contributed by atoms with E-state index in [4.69, 9.17) is 30.9 Å². The number of nitrogens with zero attached hydrogens (tertiary/aromatic N) is 9. The number of aryl methyl sites for hydroxylation is 5. The molecule has 0 radical (unpaired) electrons. The summed E-state index contributed by atoms with van der Waals surface area (Å²) in [5.41, 5.74) is 18.1. The Morgan fingerprint density at radius 3 is 1.79 bits per heavy atom. The monoisotopic (exact) mass is 831 g/mol. The lowest BCUT2D eigenvalue weighted by molar-refractivity contribution is 0.0375. The quantitative estimate of drug-likeness (QED) is 0.0685. The Morgan fingerprint density at radius 1 is 0.770 bits per heavy atom. The van der Waals surface area contributed by atoms with Gasteiger partial charge in [0.25, 0.3) is 0 Å². The van der Waals surface area contributed by atoms with E-state index in [1.165, 1.54) is 7.11 Å². The molecule has 0 atom stereocenters. The highest BCUT2D eigenvalue weighted by atomic mass is 16.5. The summed E-state index contributed by atoms with van der Waals surface area (Å²) in [6, 6.07) is 10.3. The van der Waals surface area contributed by atoms with Crippen LogP contribution in [0.25, 0.3) is 45.7 Å². The highest BCUT2D eigenvalue weighted by molar-refractivity contribution is 5.99. The first-order chi connectivity index (χ1) is 29.4. The Bertz CT molecular complexity index is 2690. The molecule has 17 heteroatoms. The van der Waals surface area contributed by atoms with Gasteiger partial charge in [0.05, 0.1) is 48.3 Å². The summed E-state index contributed by atoms with van der Waals surface area (Å²) in [5.74, 6) is 0.0498. The molecule has 7 rings (SSSR count). The molecule has 17 nitrogen and oxygen atoms in total. The number of morpholine rings is 1. The molecule has 0 saturated carbocycles. The van der Waals surface area contributed by atoms with Gasteiger partial charge in [0.1, 0.15) is 45.8 Å². The van der Waals surface area contributed by atoms with Crippen LogP contribution in [0.15, 0.2) is 48.6 Å². The van der Waals surface area contributed by atoms with Gasteiger partial charge in [0, 0.05) is 62.5 Å². The van der Waals surface area contributed by atoms with Crippen molar-refractivity contribution in [1.82, 2.24) is 43.6 Å². The number of primary amides is 2. The van der Waals surface area contributed by atoms with Crippen molar-refractivity contribution in [1.29, 1.82) is 0 Å². The first kappa shape index (κ1) is 42.4. The lowest BCUT2D eigenvalue weighted by atomic mass is 10.0. The molecule has 6 N–H and O–H groups in total. The number of imidazole rings is 2. The number of carbonyl (C=O) groups is 2. The summed E-state index contributed by atoms with van der Waals surface area (Å²) in [6.45, 7) is 13.4. The minimum absolute atomic E-state index is 0.00450. The minimum Gasteiger partial charge on any atom is -0.506 e. The number of fused-ring (bicyclic) bond motifs is 2. The van der Waals surface area contributed by atoms with E-state index in [0.29, 0.717) is 90.2 Å². The number of carbonyl (C=O) groups excluding carboxylic acids is 2. The summed E-state index contributed by atoms with van der Waals surface area (Å²) in [6.07, 6.45) is 8.62. The number of allylic oxidation sites excluding steroid dienone is 2. The molecule has 1 saturated heterocycles. The van der Waals surface area contributed by atoms with Gasteiger partial charge < -0.3 is 40.3 Å². The Labute approximate surface area is 353 Å². The van der Waals surface area contributed by atoms with Crippen molar-refractivity contribution < 1.29 is 29.3 Å². The summed E-state index contributed by atoms with van der Waals surface area (Å²) in [4.78, 5) is 37.0. The van der Waals surface area contributed by atoms with Crippen molar-refractivity contribution in [3.8, 4) is 5.75 Å². The smallest absolute Gasteiger partial charge is 0.248 e. The molecule has 1 aliphatic rings. The van der Waals surface area contributed by atoms with E-state index in [-0.39, 0.29) is 23.6 Å². The maximum absolute atomic E-state index is 12.6. The third-order valence-electron chi connectivity index (χ3n) is 10.8. The SMILES string of the molecule is CCn1nc(C)cc1/C(O)=C/c1nc2cc(C(N)=O)cc(CCCN3CCOCC3)c2n1C/C=C/Cn1c(/C=C(\O)c2cc(C)nn2CC)nc2cc(C(N)=O)cc(OC)c21. The Balaban J connectivity index is 1.31. The number of ether oxygens (including phenoxy) is 2. The standard InChI is InChI=1S/C44H53N11O6/c1-6-54-34(19-27(3)49-54)36(56)25-39-47-32-22-30(43(45)58)21-29(11-10-12-51-15-17-61-18-16-51)41(32)52(39)13-8-9-14-53-40(26-37(57)35-20-28(4)50-55(35)7-2)48-33-23-31(44(46)59)24-38(60-5)42(33)53/h8-9,19-26,56-57H,6-7,10-18H2,1-5H3,(H2,45,58)(H2,46,59)/b9-8+,36-25-,37-26-. The third kappa shape index (κ3) is 9.07. The maximum atomic E-state index is 12.6. The third-order valence-corrected chi connectivity index (χ3v) is 10.8. The van der Waals surface area contributed by atoms with Crippen LogP contribution in [0.2, 0.25) is 0 Å². The predicted octanol–water partition coefficient (Wildman–Crippen LogP) is 5.28. The molecular formula is C44H53N11O6. The fourth-order valence-electron chi connectivity index (χ4n) is 7.90. The molecule has 0 bridgehead atoms. The largest absolute Gasteiger partial charge is 0.506 e. The number of hydrogen-bond donors (Lipinski definition) is 4. The molecule has 0 spiro atoms. The van der Waals surface area contributed by atoms with Crippen LogP contribution in [0.3, 0.4) is 0 Å². The first-order valence-corrected chi connectivity index (χ1v) is 20.5. The van der Waals surface area contributed by atoms with E-state index in [0.717, 1.165) is 48.5 Å². The number of aromatic nitrogens is 8. The van der Waals surface area contributed by atoms with Gasteiger partial charge >= 0.3 is 0 Å². The van der Waals surface area contributed by atoms with Gasteiger partial charge in [-0.25, -0.2) is 9.97 Å². The van der Waals surface area contributed by atoms with Gasteiger partial charge in [-0.15, -0.1) is 0 Å². The van der Waals surface area contributed by atoms with Crippen LogP contribution in [0.4, 0.5) is 0 Å². The zero-order valence-electron chi connectivity index (χ0n) is 35.3. The van der Waals surface area contributed by atoms with Crippen molar-refractivity contribution >= 4 is 57.6 Å². The molecule has 61 heavy (non-hydrogen) atoms. The molecule has 1 fully saturated rings.